The maximum atomic E-state index is 12.8. The Kier molecular flexibility index (Phi) is 3.63. The molecular weight excluding hydrogens is 272 g/mol. The van der Waals surface area contributed by atoms with Gasteiger partial charge in [0.2, 0.25) is 10.0 Å². The molecule has 0 heterocycles. The Labute approximate surface area is 121 Å². The molecule has 0 atom stereocenters. The van der Waals surface area contributed by atoms with E-state index < -0.39 is 15.6 Å². The largest absolute Gasteiger partial charge is 0.398 e. The van der Waals surface area contributed by atoms with Crippen LogP contribution in [-0.2, 0) is 10.0 Å². The summed E-state index contributed by atoms with van der Waals surface area (Å²) >= 11 is 0. The number of sulfonamides is 1. The Hall–Kier alpha value is -1.07. The van der Waals surface area contributed by atoms with E-state index in [0.29, 0.717) is 22.1 Å². The lowest BCUT2D eigenvalue weighted by Gasteiger charge is -2.27. The van der Waals surface area contributed by atoms with Gasteiger partial charge < -0.3 is 5.73 Å². The third kappa shape index (κ3) is 2.69. The van der Waals surface area contributed by atoms with Crippen LogP contribution in [0.25, 0.3) is 0 Å². The topological polar surface area (TPSA) is 72.2 Å². The molecule has 0 bridgehead atoms. The van der Waals surface area contributed by atoms with Gasteiger partial charge >= 0.3 is 0 Å². The summed E-state index contributed by atoms with van der Waals surface area (Å²) < 4.78 is 28.4. The summed E-state index contributed by atoms with van der Waals surface area (Å²) in [5.74, 6) is 0.431. The van der Waals surface area contributed by atoms with Gasteiger partial charge in [0, 0.05) is 11.2 Å². The van der Waals surface area contributed by atoms with E-state index in [1.54, 1.807) is 6.92 Å². The van der Waals surface area contributed by atoms with E-state index in [9.17, 15) is 8.42 Å². The Balaban J connectivity index is 2.49. The highest BCUT2D eigenvalue weighted by Gasteiger charge is 2.41. The second-order valence-electron chi connectivity index (χ2n) is 6.46. The lowest BCUT2D eigenvalue weighted by Crippen LogP contribution is -2.45. The van der Waals surface area contributed by atoms with Gasteiger partial charge in [0.1, 0.15) is 0 Å². The van der Waals surface area contributed by atoms with Crippen molar-refractivity contribution >= 4 is 15.7 Å². The molecule has 112 valence electrons. The molecule has 0 aromatic heterocycles. The molecule has 1 aromatic carbocycles. The molecule has 0 radical (unpaired) electrons. The van der Waals surface area contributed by atoms with Crippen molar-refractivity contribution in [2.75, 3.05) is 5.73 Å². The summed E-state index contributed by atoms with van der Waals surface area (Å²) in [6.45, 7) is 9.38. The molecule has 0 saturated heterocycles. The number of benzene rings is 1. The normalized spacial score (nSPS) is 16.4. The van der Waals surface area contributed by atoms with Crippen molar-refractivity contribution < 1.29 is 8.42 Å². The van der Waals surface area contributed by atoms with Crippen LogP contribution in [0.3, 0.4) is 0 Å². The van der Waals surface area contributed by atoms with E-state index in [4.69, 9.17) is 5.73 Å². The van der Waals surface area contributed by atoms with E-state index in [1.807, 2.05) is 33.8 Å². The van der Waals surface area contributed by atoms with Crippen molar-refractivity contribution in [3.05, 3.63) is 22.8 Å². The minimum absolute atomic E-state index is 0.337. The fourth-order valence-corrected chi connectivity index (χ4v) is 4.78. The van der Waals surface area contributed by atoms with Crippen molar-refractivity contribution in [1.29, 1.82) is 0 Å². The average molecular weight is 296 g/mol. The molecular formula is C15H24N2O2S. The van der Waals surface area contributed by atoms with Crippen LogP contribution in [0.15, 0.2) is 11.0 Å². The molecule has 0 aliphatic heterocycles. The number of hydrogen-bond donors (Lipinski definition) is 2. The number of nitrogen functional groups attached to an aromatic ring is 1. The van der Waals surface area contributed by atoms with Crippen LogP contribution in [-0.4, -0.2) is 14.0 Å². The molecule has 1 fully saturated rings. The number of nitrogens with two attached hydrogens (primary N) is 1. The van der Waals surface area contributed by atoms with E-state index in [-0.39, 0.29) is 0 Å². The standard InChI is InChI=1S/C15H24N2O2S/c1-9-8-13(16)11(3)14(10(9)2)20(18,19)17-15(4,5)12-6-7-12/h8,12,17H,6-7,16H2,1-5H3. The fourth-order valence-electron chi connectivity index (χ4n) is 2.73. The van der Waals surface area contributed by atoms with Crippen LogP contribution in [0, 0.1) is 26.7 Å². The summed E-state index contributed by atoms with van der Waals surface area (Å²) in [6.07, 6.45) is 2.17. The number of rotatable bonds is 4. The monoisotopic (exact) mass is 296 g/mol. The van der Waals surface area contributed by atoms with E-state index in [0.717, 1.165) is 24.0 Å². The molecule has 3 N–H and O–H groups in total. The third-order valence-electron chi connectivity index (χ3n) is 4.34. The van der Waals surface area contributed by atoms with Gasteiger partial charge in [-0.05, 0) is 76.1 Å². The maximum absolute atomic E-state index is 12.8. The van der Waals surface area contributed by atoms with E-state index in [1.165, 1.54) is 0 Å². The molecule has 0 spiro atoms. The fraction of sp³-hybridized carbons (Fsp3) is 0.600. The summed E-state index contributed by atoms with van der Waals surface area (Å²) in [7, 11) is -3.56. The average Bonchev–Trinajstić information content (AvgIpc) is 3.08. The molecule has 1 saturated carbocycles. The Morgan fingerprint density at radius 2 is 1.75 bits per heavy atom. The van der Waals surface area contributed by atoms with Gasteiger partial charge in [0.25, 0.3) is 0 Å². The summed E-state index contributed by atoms with van der Waals surface area (Å²) in [5.41, 5.74) is 8.36. The Morgan fingerprint density at radius 1 is 1.20 bits per heavy atom. The Morgan fingerprint density at radius 3 is 2.25 bits per heavy atom. The minimum Gasteiger partial charge on any atom is -0.398 e. The first-order chi connectivity index (χ1) is 9.06. The van der Waals surface area contributed by atoms with Crippen LogP contribution >= 0.6 is 0 Å². The quantitative estimate of drug-likeness (QED) is 0.839. The first-order valence-electron chi connectivity index (χ1n) is 6.96. The zero-order chi connectivity index (χ0) is 15.3. The number of hydrogen-bond acceptors (Lipinski definition) is 3. The number of aryl methyl sites for hydroxylation is 1. The smallest absolute Gasteiger partial charge is 0.241 e. The van der Waals surface area contributed by atoms with E-state index >= 15 is 0 Å². The van der Waals surface area contributed by atoms with Crippen molar-refractivity contribution in [2.24, 2.45) is 5.92 Å². The minimum atomic E-state index is -3.56. The van der Waals surface area contributed by atoms with Gasteiger partial charge in [0.05, 0.1) is 4.90 Å². The SMILES string of the molecule is Cc1cc(N)c(C)c(S(=O)(=O)NC(C)(C)C2CC2)c1C. The summed E-state index contributed by atoms with van der Waals surface area (Å²) in [4.78, 5) is 0.337. The molecule has 4 nitrogen and oxygen atoms in total. The van der Waals surface area contributed by atoms with Gasteiger partial charge in [0.15, 0.2) is 0 Å². The first-order valence-corrected chi connectivity index (χ1v) is 8.45. The molecule has 1 aliphatic carbocycles. The second kappa shape index (κ2) is 4.74. The molecule has 5 heteroatoms. The lowest BCUT2D eigenvalue weighted by molar-refractivity contribution is 0.400. The number of nitrogens with one attached hydrogen (secondary N) is 1. The molecule has 0 amide bonds. The highest BCUT2D eigenvalue weighted by atomic mass is 32.2. The second-order valence-corrected chi connectivity index (χ2v) is 8.08. The highest BCUT2D eigenvalue weighted by molar-refractivity contribution is 7.89. The predicted octanol–water partition coefficient (Wildman–Crippen LogP) is 2.66. The van der Waals surface area contributed by atoms with Gasteiger partial charge in [-0.2, -0.15) is 0 Å². The Bertz CT molecular complexity index is 618. The van der Waals surface area contributed by atoms with Gasteiger partial charge in [-0.25, -0.2) is 13.1 Å². The van der Waals surface area contributed by atoms with Crippen molar-refractivity contribution in [1.82, 2.24) is 4.72 Å². The molecule has 1 aromatic rings. The molecule has 20 heavy (non-hydrogen) atoms. The van der Waals surface area contributed by atoms with Crippen molar-refractivity contribution in [3.63, 3.8) is 0 Å². The van der Waals surface area contributed by atoms with Crippen LogP contribution in [0.5, 0.6) is 0 Å². The zero-order valence-electron chi connectivity index (χ0n) is 12.9. The van der Waals surface area contributed by atoms with E-state index in [2.05, 4.69) is 4.72 Å². The molecule has 0 unspecified atom stereocenters. The van der Waals surface area contributed by atoms with Gasteiger partial charge in [-0.1, -0.05) is 0 Å². The summed E-state index contributed by atoms with van der Waals surface area (Å²) in [5, 5.41) is 0. The predicted molar refractivity (Wildman–Crippen MR) is 82.2 cm³/mol. The van der Waals surface area contributed by atoms with Crippen molar-refractivity contribution in [2.45, 2.75) is 57.9 Å². The van der Waals surface area contributed by atoms with Crippen LogP contribution in [0.4, 0.5) is 5.69 Å². The maximum Gasteiger partial charge on any atom is 0.241 e. The van der Waals surface area contributed by atoms with Crippen molar-refractivity contribution in [3.8, 4) is 0 Å². The third-order valence-corrected chi connectivity index (χ3v) is 6.29. The number of anilines is 1. The first kappa shape index (κ1) is 15.3. The van der Waals surface area contributed by atoms with Crippen LogP contribution in [0.1, 0.15) is 43.4 Å². The van der Waals surface area contributed by atoms with Gasteiger partial charge in [-0.3, -0.25) is 0 Å². The zero-order valence-corrected chi connectivity index (χ0v) is 13.7. The highest BCUT2D eigenvalue weighted by Crippen LogP contribution is 2.40. The van der Waals surface area contributed by atoms with Crippen LogP contribution in [0.2, 0.25) is 0 Å². The van der Waals surface area contributed by atoms with Gasteiger partial charge in [-0.15, -0.1) is 0 Å². The summed E-state index contributed by atoms with van der Waals surface area (Å²) in [6, 6.07) is 1.83. The molecule has 2 rings (SSSR count). The van der Waals surface area contributed by atoms with Crippen LogP contribution < -0.4 is 10.5 Å². The lowest BCUT2D eigenvalue weighted by atomic mass is 10.0. The molecule has 1 aliphatic rings.